The number of halogens is 2. The number of benzene rings is 1. The number of fused-ring (bicyclic) bond motifs is 1. The highest BCUT2D eigenvalue weighted by molar-refractivity contribution is 7.10. The van der Waals surface area contributed by atoms with Gasteiger partial charge in [-0.15, -0.1) is 21.5 Å². The van der Waals surface area contributed by atoms with E-state index >= 15 is 0 Å². The van der Waals surface area contributed by atoms with Crippen molar-refractivity contribution in [1.82, 2.24) is 15.1 Å². The zero-order chi connectivity index (χ0) is 21.9. The van der Waals surface area contributed by atoms with Crippen LogP contribution in [-0.4, -0.2) is 41.4 Å². The highest BCUT2D eigenvalue weighted by atomic mass is 35.5. The first-order valence-electron chi connectivity index (χ1n) is 11.1. The molecule has 2 aromatic heterocycles. The molecule has 5 nitrogen and oxygen atoms in total. The molecule has 1 aromatic carbocycles. The number of thiophene rings is 1. The Balaban J connectivity index is 1.19. The van der Waals surface area contributed by atoms with E-state index in [1.54, 1.807) is 0 Å². The number of ether oxygens (including phenoxy) is 1. The topological polar surface area (TPSA) is 50.3 Å². The summed E-state index contributed by atoms with van der Waals surface area (Å²) in [5, 5.41) is 14.6. The van der Waals surface area contributed by atoms with Crippen LogP contribution in [0, 0.1) is 11.7 Å². The molecule has 1 fully saturated rings. The normalized spacial score (nSPS) is 17.3. The highest BCUT2D eigenvalue weighted by Gasteiger charge is 2.24. The number of anilines is 1. The molecule has 168 valence electrons. The van der Waals surface area contributed by atoms with Crippen LogP contribution in [-0.2, 0) is 24.2 Å². The van der Waals surface area contributed by atoms with Gasteiger partial charge in [0.15, 0.2) is 0 Å². The van der Waals surface area contributed by atoms with Crippen LogP contribution in [0.3, 0.4) is 0 Å². The first kappa shape index (κ1) is 21.8. The summed E-state index contributed by atoms with van der Waals surface area (Å²) in [6, 6.07) is 7.92. The highest BCUT2D eigenvalue weighted by Crippen LogP contribution is 2.31. The first-order valence-corrected chi connectivity index (χ1v) is 12.3. The fraction of sp³-hybridized carbons (Fsp3) is 0.417. The van der Waals surface area contributed by atoms with Gasteiger partial charge in [0.05, 0.1) is 10.7 Å². The molecule has 8 heteroatoms. The molecule has 0 amide bonds. The number of aromatic nitrogens is 2. The van der Waals surface area contributed by atoms with Crippen LogP contribution in [0.15, 0.2) is 35.7 Å². The maximum absolute atomic E-state index is 13.5. The molecule has 0 spiro atoms. The molecule has 0 aliphatic carbocycles. The summed E-state index contributed by atoms with van der Waals surface area (Å²) in [4.78, 5) is 4.09. The molecule has 1 N–H and O–H groups in total. The lowest BCUT2D eigenvalue weighted by molar-refractivity contribution is 0.0508. The van der Waals surface area contributed by atoms with Crippen molar-refractivity contribution in [2.24, 2.45) is 5.92 Å². The number of nitrogens with zero attached hydrogens (tertiary/aromatic N) is 3. The van der Waals surface area contributed by atoms with E-state index < -0.39 is 0 Å². The lowest BCUT2D eigenvalue weighted by atomic mass is 9.97. The molecule has 2 aliphatic rings. The van der Waals surface area contributed by atoms with Gasteiger partial charge in [0, 0.05) is 49.8 Å². The van der Waals surface area contributed by atoms with Crippen molar-refractivity contribution < 1.29 is 9.13 Å². The quantitative estimate of drug-likeness (QED) is 0.521. The van der Waals surface area contributed by atoms with Crippen molar-refractivity contribution in [2.75, 3.05) is 31.6 Å². The molecule has 0 unspecified atom stereocenters. The Kier molecular flexibility index (Phi) is 6.69. The summed E-state index contributed by atoms with van der Waals surface area (Å²) in [7, 11) is 0. The van der Waals surface area contributed by atoms with Crippen LogP contribution in [0.5, 0.6) is 0 Å². The minimum absolute atomic E-state index is 0.345. The Hall–Kier alpha value is -2.06. The van der Waals surface area contributed by atoms with E-state index in [2.05, 4.69) is 25.8 Å². The Labute approximate surface area is 196 Å². The standard InChI is InChI=1S/C24H26ClFN4OS/c25-21-2-1-18(26)11-20(21)22-3-4-24(29-28-22)27-12-17-15-32-23-14-30(8-5-19(17)23)13-16-6-9-31-10-7-16/h1-4,11,15-16H,5-10,12-14H2,(H,27,29). The maximum atomic E-state index is 13.5. The molecule has 3 aromatic rings. The van der Waals surface area contributed by atoms with Gasteiger partial charge < -0.3 is 10.1 Å². The molecule has 0 radical (unpaired) electrons. The summed E-state index contributed by atoms with van der Waals surface area (Å²) in [5.74, 6) is 1.12. The first-order chi connectivity index (χ1) is 15.7. The lowest BCUT2D eigenvalue weighted by Crippen LogP contribution is -2.36. The molecular weight excluding hydrogens is 447 g/mol. The number of hydrogen-bond acceptors (Lipinski definition) is 6. The summed E-state index contributed by atoms with van der Waals surface area (Å²) >= 11 is 8.04. The van der Waals surface area contributed by atoms with Crippen molar-refractivity contribution >= 4 is 28.8 Å². The van der Waals surface area contributed by atoms with Gasteiger partial charge in [-0.3, -0.25) is 4.90 Å². The van der Waals surface area contributed by atoms with Crippen molar-refractivity contribution in [3.63, 3.8) is 0 Å². The van der Waals surface area contributed by atoms with Crippen molar-refractivity contribution in [3.8, 4) is 11.3 Å². The molecule has 2 aliphatic heterocycles. The molecule has 0 saturated carbocycles. The van der Waals surface area contributed by atoms with E-state index in [0.29, 0.717) is 22.1 Å². The molecule has 0 bridgehead atoms. The smallest absolute Gasteiger partial charge is 0.148 e. The maximum Gasteiger partial charge on any atom is 0.148 e. The van der Waals surface area contributed by atoms with Crippen LogP contribution in [0.2, 0.25) is 5.02 Å². The van der Waals surface area contributed by atoms with Gasteiger partial charge in [0.2, 0.25) is 0 Å². The van der Waals surface area contributed by atoms with Gasteiger partial charge >= 0.3 is 0 Å². The van der Waals surface area contributed by atoms with Gasteiger partial charge in [-0.25, -0.2) is 4.39 Å². The van der Waals surface area contributed by atoms with Crippen LogP contribution < -0.4 is 5.32 Å². The second-order valence-corrected chi connectivity index (χ2v) is 9.86. The minimum atomic E-state index is -0.345. The average molecular weight is 473 g/mol. The second kappa shape index (κ2) is 9.83. The number of nitrogens with one attached hydrogen (secondary N) is 1. The van der Waals surface area contributed by atoms with Crippen LogP contribution in [0.25, 0.3) is 11.3 Å². The van der Waals surface area contributed by atoms with E-state index in [4.69, 9.17) is 16.3 Å². The summed E-state index contributed by atoms with van der Waals surface area (Å²) < 4.78 is 19.0. The third-order valence-corrected chi connectivity index (χ3v) is 7.69. The van der Waals surface area contributed by atoms with Gasteiger partial charge in [-0.1, -0.05) is 11.6 Å². The predicted octanol–water partition coefficient (Wildman–Crippen LogP) is 5.39. The Morgan fingerprint density at radius 3 is 2.88 bits per heavy atom. The summed E-state index contributed by atoms with van der Waals surface area (Å²) in [6.45, 7) is 5.92. The van der Waals surface area contributed by atoms with E-state index in [1.165, 1.54) is 53.6 Å². The molecule has 4 heterocycles. The second-order valence-electron chi connectivity index (χ2n) is 8.49. The van der Waals surface area contributed by atoms with Crippen LogP contribution >= 0.6 is 22.9 Å². The predicted molar refractivity (Wildman–Crippen MR) is 127 cm³/mol. The van der Waals surface area contributed by atoms with Gasteiger partial charge in [-0.2, -0.15) is 0 Å². The van der Waals surface area contributed by atoms with Gasteiger partial charge in [0.25, 0.3) is 0 Å². The van der Waals surface area contributed by atoms with Crippen molar-refractivity contribution in [2.45, 2.75) is 32.4 Å². The van der Waals surface area contributed by atoms with Crippen molar-refractivity contribution in [1.29, 1.82) is 0 Å². The molecule has 5 rings (SSSR count). The Morgan fingerprint density at radius 1 is 1.19 bits per heavy atom. The van der Waals surface area contributed by atoms with Crippen LogP contribution in [0.4, 0.5) is 10.2 Å². The molecular formula is C24H26ClFN4OS. The summed E-state index contributed by atoms with van der Waals surface area (Å²) in [6.07, 6.45) is 3.48. The lowest BCUT2D eigenvalue weighted by Gasteiger charge is -2.32. The van der Waals surface area contributed by atoms with E-state index in [1.807, 2.05) is 23.5 Å². The Morgan fingerprint density at radius 2 is 2.06 bits per heavy atom. The third-order valence-electron chi connectivity index (χ3n) is 6.30. The SMILES string of the molecule is Fc1ccc(Cl)c(-c2ccc(NCc3csc4c3CCN(CC3CCOCC3)C4)nn2)c1. The van der Waals surface area contributed by atoms with E-state index in [-0.39, 0.29) is 5.82 Å². The Bertz CT molecular complexity index is 1070. The summed E-state index contributed by atoms with van der Waals surface area (Å²) in [5.41, 5.74) is 3.93. The van der Waals surface area contributed by atoms with E-state index in [9.17, 15) is 4.39 Å². The van der Waals surface area contributed by atoms with Crippen molar-refractivity contribution in [3.05, 3.63) is 62.6 Å². The zero-order valence-corrected chi connectivity index (χ0v) is 19.4. The largest absolute Gasteiger partial charge is 0.381 e. The average Bonchev–Trinajstić information content (AvgIpc) is 3.22. The van der Waals surface area contributed by atoms with Crippen LogP contribution in [0.1, 0.15) is 28.8 Å². The third kappa shape index (κ3) is 4.96. The fourth-order valence-corrected chi connectivity index (χ4v) is 5.85. The monoisotopic (exact) mass is 472 g/mol. The van der Waals surface area contributed by atoms with Gasteiger partial charge in [0.1, 0.15) is 11.6 Å². The molecule has 1 saturated heterocycles. The molecule has 0 atom stereocenters. The fourth-order valence-electron chi connectivity index (χ4n) is 4.50. The van der Waals surface area contributed by atoms with Gasteiger partial charge in [-0.05, 0) is 72.0 Å². The van der Waals surface area contributed by atoms with E-state index in [0.717, 1.165) is 45.2 Å². The minimum Gasteiger partial charge on any atom is -0.381 e. The number of hydrogen-bond donors (Lipinski definition) is 1. The zero-order valence-electron chi connectivity index (χ0n) is 17.8. The number of rotatable bonds is 6. The molecule has 32 heavy (non-hydrogen) atoms.